The van der Waals surface area contributed by atoms with Crippen molar-refractivity contribution >= 4 is 21.4 Å². The standard InChI is InChI=1S/C12H10N2OS/c13-5-12-14-6-10(15-12)9-7-16-11-4-2-1-3-8(9)11/h1-4,6-7H,5,13H2. The van der Waals surface area contributed by atoms with Gasteiger partial charge >= 0.3 is 0 Å². The Morgan fingerprint density at radius 1 is 1.31 bits per heavy atom. The van der Waals surface area contributed by atoms with Crippen molar-refractivity contribution in [3.05, 3.63) is 41.7 Å². The van der Waals surface area contributed by atoms with Crippen LogP contribution in [-0.4, -0.2) is 4.98 Å². The molecule has 2 N–H and O–H groups in total. The highest BCUT2D eigenvalue weighted by Gasteiger charge is 2.10. The Kier molecular flexibility index (Phi) is 2.23. The van der Waals surface area contributed by atoms with Gasteiger partial charge in [-0.1, -0.05) is 18.2 Å². The predicted molar refractivity (Wildman–Crippen MR) is 65.2 cm³/mol. The summed E-state index contributed by atoms with van der Waals surface area (Å²) in [5.74, 6) is 1.36. The molecule has 0 aliphatic rings. The first-order valence-electron chi connectivity index (χ1n) is 5.00. The number of oxazole rings is 1. The summed E-state index contributed by atoms with van der Waals surface area (Å²) in [5, 5.41) is 3.29. The van der Waals surface area contributed by atoms with E-state index >= 15 is 0 Å². The van der Waals surface area contributed by atoms with E-state index in [-0.39, 0.29) is 0 Å². The Bertz CT molecular complexity index is 627. The van der Waals surface area contributed by atoms with Gasteiger partial charge in [0.05, 0.1) is 12.7 Å². The number of hydrogen-bond acceptors (Lipinski definition) is 4. The zero-order chi connectivity index (χ0) is 11.0. The summed E-state index contributed by atoms with van der Waals surface area (Å²) in [5.41, 5.74) is 6.57. The quantitative estimate of drug-likeness (QED) is 0.736. The van der Waals surface area contributed by atoms with E-state index in [1.807, 2.05) is 12.1 Å². The van der Waals surface area contributed by atoms with Gasteiger partial charge in [-0.05, 0) is 6.07 Å². The molecule has 0 radical (unpaired) electrons. The van der Waals surface area contributed by atoms with Gasteiger partial charge in [-0.3, -0.25) is 0 Å². The van der Waals surface area contributed by atoms with Gasteiger partial charge in [0.2, 0.25) is 5.89 Å². The Morgan fingerprint density at radius 3 is 3.00 bits per heavy atom. The molecule has 1 aromatic carbocycles. The number of nitrogens with zero attached hydrogens (tertiary/aromatic N) is 1. The fourth-order valence-electron chi connectivity index (χ4n) is 1.70. The fraction of sp³-hybridized carbons (Fsp3) is 0.0833. The van der Waals surface area contributed by atoms with Crippen LogP contribution >= 0.6 is 11.3 Å². The summed E-state index contributed by atoms with van der Waals surface area (Å²) in [4.78, 5) is 4.11. The largest absolute Gasteiger partial charge is 0.439 e. The Hall–Kier alpha value is -1.65. The van der Waals surface area contributed by atoms with Crippen LogP contribution in [0.3, 0.4) is 0 Å². The minimum atomic E-state index is 0.335. The molecule has 2 heterocycles. The van der Waals surface area contributed by atoms with Crippen LogP contribution in [-0.2, 0) is 6.54 Å². The predicted octanol–water partition coefficient (Wildman–Crippen LogP) is 3.02. The molecule has 2 aromatic heterocycles. The van der Waals surface area contributed by atoms with Crippen LogP contribution < -0.4 is 5.73 Å². The first-order chi connectivity index (χ1) is 7.88. The van der Waals surface area contributed by atoms with E-state index in [0.717, 1.165) is 11.3 Å². The molecule has 0 spiro atoms. The number of aromatic nitrogens is 1. The SMILES string of the molecule is NCc1ncc(-c2csc3ccccc23)o1. The molecule has 0 saturated heterocycles. The summed E-state index contributed by atoms with van der Waals surface area (Å²) in [6.07, 6.45) is 1.73. The summed E-state index contributed by atoms with van der Waals surface area (Å²) in [6.45, 7) is 0.335. The molecule has 0 bridgehead atoms. The van der Waals surface area contributed by atoms with Crippen molar-refractivity contribution in [3.63, 3.8) is 0 Å². The second-order valence-electron chi connectivity index (χ2n) is 3.47. The maximum Gasteiger partial charge on any atom is 0.208 e. The maximum absolute atomic E-state index is 5.56. The van der Waals surface area contributed by atoms with Crippen molar-refractivity contribution in [2.24, 2.45) is 5.73 Å². The average molecular weight is 230 g/mol. The second kappa shape index (κ2) is 3.73. The number of fused-ring (bicyclic) bond motifs is 1. The zero-order valence-electron chi connectivity index (χ0n) is 8.51. The Balaban J connectivity index is 2.18. The summed E-state index contributed by atoms with van der Waals surface area (Å²) in [7, 11) is 0. The van der Waals surface area contributed by atoms with Crippen LogP contribution in [0, 0.1) is 0 Å². The number of nitrogens with two attached hydrogens (primary N) is 1. The van der Waals surface area contributed by atoms with Crippen LogP contribution in [0.4, 0.5) is 0 Å². The van der Waals surface area contributed by atoms with Crippen LogP contribution in [0.5, 0.6) is 0 Å². The molecule has 80 valence electrons. The zero-order valence-corrected chi connectivity index (χ0v) is 9.33. The molecule has 3 nitrogen and oxygen atoms in total. The van der Waals surface area contributed by atoms with Gasteiger partial charge in [0.1, 0.15) is 0 Å². The van der Waals surface area contributed by atoms with Gasteiger partial charge < -0.3 is 10.2 Å². The summed E-state index contributed by atoms with van der Waals surface area (Å²) < 4.78 is 6.81. The van der Waals surface area contributed by atoms with Crippen LogP contribution in [0.2, 0.25) is 0 Å². The third kappa shape index (κ3) is 1.43. The molecule has 0 unspecified atom stereocenters. The average Bonchev–Trinajstić information content (AvgIpc) is 2.94. The van der Waals surface area contributed by atoms with E-state index in [1.165, 1.54) is 10.1 Å². The lowest BCUT2D eigenvalue weighted by Crippen LogP contribution is -1.94. The monoisotopic (exact) mass is 230 g/mol. The molecule has 0 saturated carbocycles. The number of thiophene rings is 1. The molecule has 0 fully saturated rings. The minimum Gasteiger partial charge on any atom is -0.439 e. The number of rotatable bonds is 2. The van der Waals surface area contributed by atoms with Gasteiger partial charge in [-0.25, -0.2) is 4.98 Å². The molecule has 0 aliphatic heterocycles. The van der Waals surface area contributed by atoms with Crippen LogP contribution in [0.1, 0.15) is 5.89 Å². The van der Waals surface area contributed by atoms with Crippen molar-refractivity contribution in [2.75, 3.05) is 0 Å². The third-order valence-corrected chi connectivity index (χ3v) is 3.44. The maximum atomic E-state index is 5.56. The highest BCUT2D eigenvalue weighted by atomic mass is 32.1. The van der Waals surface area contributed by atoms with Crippen molar-refractivity contribution < 1.29 is 4.42 Å². The Labute approximate surface area is 96.5 Å². The first kappa shape index (κ1) is 9.57. The molecular weight excluding hydrogens is 220 g/mol. The van der Waals surface area contributed by atoms with Gasteiger partial charge in [0, 0.05) is 21.0 Å². The first-order valence-corrected chi connectivity index (χ1v) is 5.88. The lowest BCUT2D eigenvalue weighted by Gasteiger charge is -1.93. The van der Waals surface area contributed by atoms with Gasteiger partial charge in [0.25, 0.3) is 0 Å². The smallest absolute Gasteiger partial charge is 0.208 e. The molecule has 0 atom stereocenters. The number of hydrogen-bond donors (Lipinski definition) is 1. The minimum absolute atomic E-state index is 0.335. The molecular formula is C12H10N2OS. The van der Waals surface area contributed by atoms with Gasteiger partial charge in [0.15, 0.2) is 5.76 Å². The summed E-state index contributed by atoms with van der Waals surface area (Å²) in [6, 6.07) is 8.25. The molecule has 0 aliphatic carbocycles. The topological polar surface area (TPSA) is 52.0 Å². The Morgan fingerprint density at radius 2 is 2.19 bits per heavy atom. The molecule has 4 heteroatoms. The van der Waals surface area contributed by atoms with Crippen molar-refractivity contribution in [3.8, 4) is 11.3 Å². The molecule has 16 heavy (non-hydrogen) atoms. The lowest BCUT2D eigenvalue weighted by atomic mass is 10.1. The van der Waals surface area contributed by atoms with Crippen molar-refractivity contribution in [2.45, 2.75) is 6.54 Å². The van der Waals surface area contributed by atoms with Gasteiger partial charge in [-0.2, -0.15) is 0 Å². The fourth-order valence-corrected chi connectivity index (χ4v) is 2.65. The van der Waals surface area contributed by atoms with Crippen molar-refractivity contribution in [1.82, 2.24) is 4.98 Å². The van der Waals surface area contributed by atoms with E-state index in [2.05, 4.69) is 22.5 Å². The van der Waals surface area contributed by atoms with E-state index in [0.29, 0.717) is 12.4 Å². The number of benzene rings is 1. The third-order valence-electron chi connectivity index (χ3n) is 2.47. The van der Waals surface area contributed by atoms with E-state index < -0.39 is 0 Å². The van der Waals surface area contributed by atoms with Gasteiger partial charge in [-0.15, -0.1) is 11.3 Å². The lowest BCUT2D eigenvalue weighted by molar-refractivity contribution is 0.510. The normalized spacial score (nSPS) is 11.1. The van der Waals surface area contributed by atoms with E-state index in [9.17, 15) is 0 Å². The van der Waals surface area contributed by atoms with Crippen molar-refractivity contribution in [1.29, 1.82) is 0 Å². The van der Waals surface area contributed by atoms with E-state index in [1.54, 1.807) is 17.5 Å². The molecule has 3 aromatic rings. The molecule has 3 rings (SSSR count). The molecule has 0 amide bonds. The van der Waals surface area contributed by atoms with Crippen LogP contribution in [0.15, 0.2) is 40.3 Å². The second-order valence-corrected chi connectivity index (χ2v) is 4.38. The van der Waals surface area contributed by atoms with E-state index in [4.69, 9.17) is 10.2 Å². The highest BCUT2D eigenvalue weighted by molar-refractivity contribution is 7.17. The summed E-state index contributed by atoms with van der Waals surface area (Å²) >= 11 is 1.71. The highest BCUT2D eigenvalue weighted by Crippen LogP contribution is 2.33. The van der Waals surface area contributed by atoms with Crippen LogP contribution in [0.25, 0.3) is 21.4 Å².